The van der Waals surface area contributed by atoms with Crippen molar-refractivity contribution in [1.29, 1.82) is 0 Å². The number of fused-ring (bicyclic) bond motifs is 20. The van der Waals surface area contributed by atoms with Crippen LogP contribution in [0.15, 0.2) is 18.2 Å². The van der Waals surface area contributed by atoms with E-state index in [1.165, 1.54) is 109 Å². The summed E-state index contributed by atoms with van der Waals surface area (Å²) in [7, 11) is 0. The van der Waals surface area contributed by atoms with Gasteiger partial charge in [-0.05, 0) is 111 Å². The van der Waals surface area contributed by atoms with Crippen LogP contribution in [-0.4, -0.2) is 54.4 Å². The fourth-order valence-electron chi connectivity index (χ4n) is 12.5. The van der Waals surface area contributed by atoms with Crippen molar-refractivity contribution in [2.75, 3.05) is 0 Å². The van der Waals surface area contributed by atoms with Crippen LogP contribution in [0.3, 0.4) is 0 Å². The van der Waals surface area contributed by atoms with Crippen molar-refractivity contribution in [2.24, 2.45) is 47.3 Å². The van der Waals surface area contributed by atoms with Gasteiger partial charge >= 0.3 is 0 Å². The van der Waals surface area contributed by atoms with E-state index < -0.39 is 0 Å². The van der Waals surface area contributed by atoms with Gasteiger partial charge in [0.05, 0.1) is 54.3 Å². The molecule has 4 aliphatic carbocycles. The fourth-order valence-corrected chi connectivity index (χ4v) is 12.7. The van der Waals surface area contributed by atoms with Gasteiger partial charge in [0.2, 0.25) is 0 Å². The maximum Gasteiger partial charge on any atom is 0.135 e. The predicted octanol–water partition coefficient (Wildman–Crippen LogP) is 5.30. The van der Waals surface area contributed by atoms with E-state index in [9.17, 15) is 0 Å². The van der Waals surface area contributed by atoms with E-state index in [1.54, 1.807) is 12.1 Å². The van der Waals surface area contributed by atoms with Crippen molar-refractivity contribution >= 4 is 23.2 Å². The Bertz CT molecular complexity index is 1110. The number of phenolic OH excluding ortho intramolecular Hbond substituents is 1. The van der Waals surface area contributed by atoms with Gasteiger partial charge in [0, 0.05) is 28.2 Å². The number of hydrogen-bond donors (Lipinski definition) is 9. The first-order chi connectivity index (χ1) is 24.0. The van der Waals surface area contributed by atoms with Crippen LogP contribution in [0.4, 0.5) is 0 Å². The van der Waals surface area contributed by atoms with Crippen LogP contribution in [0.5, 0.6) is 5.75 Å². The number of hydrogen-bond acceptors (Lipinski definition) is 9. The van der Waals surface area contributed by atoms with Gasteiger partial charge in [0.25, 0.3) is 0 Å². The van der Waals surface area contributed by atoms with Gasteiger partial charge in [0.1, 0.15) is 5.75 Å². The second kappa shape index (κ2) is 15.9. The Morgan fingerprint density at radius 2 is 0.620 bits per heavy atom. The number of halogens is 2. The quantitative estimate of drug-likeness (QED) is 0.162. The molecule has 1 aromatic carbocycles. The van der Waals surface area contributed by atoms with Crippen molar-refractivity contribution < 1.29 is 22.2 Å². The summed E-state index contributed by atoms with van der Waals surface area (Å²) in [4.78, 5) is 0. The molecular formula is C38H60Cl2CuN8O. The summed E-state index contributed by atoms with van der Waals surface area (Å²) in [6.07, 6.45) is 25.6. The van der Waals surface area contributed by atoms with Crippen molar-refractivity contribution in [3.05, 3.63) is 28.2 Å². The summed E-state index contributed by atoms with van der Waals surface area (Å²) >= 11 is 11.0. The van der Waals surface area contributed by atoms with Gasteiger partial charge in [-0.3, -0.25) is 42.5 Å². The molecule has 9 aliphatic rings. The summed E-state index contributed by atoms with van der Waals surface area (Å²) in [5.74, 6) is 5.99. The molecule has 9 N–H and O–H groups in total. The zero-order chi connectivity index (χ0) is 33.1. The van der Waals surface area contributed by atoms with Crippen LogP contribution in [-0.2, 0) is 17.1 Å². The molecule has 4 saturated carbocycles. The second-order valence-electron chi connectivity index (χ2n) is 17.2. The number of benzene rings is 1. The third-order valence-electron chi connectivity index (χ3n) is 14.7. The Balaban J connectivity index is 0.000000318. The van der Waals surface area contributed by atoms with E-state index in [1.807, 2.05) is 0 Å². The first-order valence-electron chi connectivity index (χ1n) is 20.2. The van der Waals surface area contributed by atoms with Crippen LogP contribution in [0.2, 0.25) is 10.0 Å². The second-order valence-corrected chi connectivity index (χ2v) is 18.0. The van der Waals surface area contributed by atoms with E-state index in [0.717, 1.165) is 47.3 Å². The SMILES string of the molecule is C1CCC2C3NC(NC4NC(NC5NC(NC6NC(N3)C3CCCCC63)C3CCCCC53)C3CCCCC43)C2C1.Oc1cc(Cl)ccc1Cl.[Cu]. The minimum Gasteiger partial charge on any atom is -0.506 e. The number of nitrogens with one attached hydrogen (secondary N) is 8. The molecule has 5 heterocycles. The third-order valence-corrected chi connectivity index (χ3v) is 15.3. The summed E-state index contributed by atoms with van der Waals surface area (Å²) in [6, 6.07) is 4.55. The van der Waals surface area contributed by atoms with Gasteiger partial charge in [-0.1, -0.05) is 74.6 Å². The normalized spacial score (nSPS) is 47.8. The molecule has 1 radical (unpaired) electrons. The van der Waals surface area contributed by atoms with Crippen molar-refractivity contribution in [2.45, 2.75) is 152 Å². The molecule has 9 nitrogen and oxygen atoms in total. The summed E-state index contributed by atoms with van der Waals surface area (Å²) < 4.78 is 0. The maximum absolute atomic E-state index is 8.88. The molecule has 8 atom stereocenters. The number of phenols is 1. The Labute approximate surface area is 319 Å². The predicted molar refractivity (Wildman–Crippen MR) is 195 cm³/mol. The van der Waals surface area contributed by atoms with Crippen LogP contribution in [0.1, 0.15) is 103 Å². The van der Waals surface area contributed by atoms with Crippen molar-refractivity contribution in [3.8, 4) is 5.75 Å². The van der Waals surface area contributed by atoms with Gasteiger partial charge in [-0.2, -0.15) is 0 Å². The minimum absolute atomic E-state index is 0. The van der Waals surface area contributed by atoms with E-state index in [0.29, 0.717) is 59.4 Å². The van der Waals surface area contributed by atoms with Gasteiger partial charge in [-0.15, -0.1) is 0 Å². The molecule has 5 saturated heterocycles. The molecule has 50 heavy (non-hydrogen) atoms. The first-order valence-corrected chi connectivity index (χ1v) is 21.0. The molecular weight excluding hydrogens is 719 g/mol. The Morgan fingerprint density at radius 1 is 0.400 bits per heavy atom. The summed E-state index contributed by atoms with van der Waals surface area (Å²) in [6.45, 7) is 0. The molecule has 1 aromatic rings. The minimum atomic E-state index is 0. The Kier molecular flexibility index (Phi) is 11.7. The molecule has 283 valence electrons. The zero-order valence-electron chi connectivity index (χ0n) is 29.3. The third kappa shape index (κ3) is 7.17. The molecule has 0 spiro atoms. The molecule has 5 aliphatic heterocycles. The van der Waals surface area contributed by atoms with Gasteiger partial charge < -0.3 is 5.11 Å². The molecule has 9 fully saturated rings. The first kappa shape index (κ1) is 36.8. The van der Waals surface area contributed by atoms with Crippen molar-refractivity contribution in [1.82, 2.24) is 42.5 Å². The fraction of sp³-hybridized carbons (Fsp3) is 0.842. The topological polar surface area (TPSA) is 116 Å². The average molecular weight is 779 g/mol. The Hall–Kier alpha value is -0.201. The van der Waals surface area contributed by atoms with Gasteiger partial charge in [-0.25, -0.2) is 0 Å². The van der Waals surface area contributed by atoms with E-state index in [2.05, 4.69) is 42.5 Å². The van der Waals surface area contributed by atoms with Crippen molar-refractivity contribution in [3.63, 3.8) is 0 Å². The standard InChI is InChI=1S/C32H56N8.C6H4Cl2O.Cu/c1-2-10-18-17(9-1)25-33-26(18)38-28-21-13-5-6-14-22(21)30(35-28)40-32-24-16-8-7-15-23(24)31(36-32)39-29-20-12-4-3-11-19(20)27(34-29)37-25;7-4-1-2-5(8)6(9)3-4;/h17-40H,1-16H2;1-3,9H;. The smallest absolute Gasteiger partial charge is 0.135 e. The van der Waals surface area contributed by atoms with Crippen LogP contribution >= 0.6 is 23.2 Å². The molecule has 10 rings (SSSR count). The Morgan fingerprint density at radius 3 is 0.800 bits per heavy atom. The summed E-state index contributed by atoms with van der Waals surface area (Å²) in [5, 5.41) is 43.5. The van der Waals surface area contributed by atoms with E-state index >= 15 is 0 Å². The van der Waals surface area contributed by atoms with E-state index in [4.69, 9.17) is 28.3 Å². The zero-order valence-corrected chi connectivity index (χ0v) is 31.7. The van der Waals surface area contributed by atoms with Crippen LogP contribution in [0.25, 0.3) is 0 Å². The molecule has 8 bridgehead atoms. The monoisotopic (exact) mass is 777 g/mol. The number of rotatable bonds is 0. The average Bonchev–Trinajstić information content (AvgIpc) is 3.86. The van der Waals surface area contributed by atoms with Crippen LogP contribution < -0.4 is 42.5 Å². The molecule has 0 amide bonds. The number of aromatic hydroxyl groups is 1. The molecule has 12 heteroatoms. The molecule has 8 unspecified atom stereocenters. The van der Waals surface area contributed by atoms with Crippen LogP contribution in [0, 0.1) is 47.3 Å². The maximum atomic E-state index is 8.88. The van der Waals surface area contributed by atoms with Gasteiger partial charge in [0.15, 0.2) is 0 Å². The molecule has 0 aromatic heterocycles. The summed E-state index contributed by atoms with van der Waals surface area (Å²) in [5.41, 5.74) is 0. The largest absolute Gasteiger partial charge is 0.506 e. The van der Waals surface area contributed by atoms with E-state index in [-0.39, 0.29) is 22.8 Å².